The van der Waals surface area contributed by atoms with E-state index in [2.05, 4.69) is 36.7 Å². The second-order valence-electron chi connectivity index (χ2n) is 4.93. The molecule has 1 fully saturated rings. The molecular weight excluding hydrogens is 240 g/mol. The molecule has 0 heterocycles. The highest BCUT2D eigenvalue weighted by atomic mass is 32.2. The largest absolute Gasteiger partial charge is 0.306 e. The third kappa shape index (κ3) is 3.07. The Kier molecular flexibility index (Phi) is 4.68. The minimum atomic E-state index is 0.357. The fourth-order valence-electron chi connectivity index (χ4n) is 2.66. The van der Waals surface area contributed by atoms with Crippen molar-refractivity contribution in [3.05, 3.63) is 35.4 Å². The monoisotopic (exact) mass is 260 g/mol. The minimum absolute atomic E-state index is 0.357. The van der Waals surface area contributed by atoms with E-state index in [9.17, 15) is 0 Å². The lowest BCUT2D eigenvalue weighted by molar-refractivity contribution is 0.467. The number of nitrogens with one attached hydrogen (secondary N) is 1. The van der Waals surface area contributed by atoms with Gasteiger partial charge in [0.2, 0.25) is 0 Å². The van der Waals surface area contributed by atoms with Gasteiger partial charge in [-0.2, -0.15) is 17.0 Å². The van der Waals surface area contributed by atoms with Gasteiger partial charge in [0.05, 0.1) is 11.6 Å². The lowest BCUT2D eigenvalue weighted by atomic mass is 10.1. The predicted octanol–water partition coefficient (Wildman–Crippen LogP) is 3.49. The van der Waals surface area contributed by atoms with Crippen molar-refractivity contribution >= 4 is 11.8 Å². The molecular formula is C15H20N2S. The molecule has 0 aliphatic heterocycles. The molecule has 1 aliphatic carbocycles. The summed E-state index contributed by atoms with van der Waals surface area (Å²) in [5.41, 5.74) is 1.99. The maximum Gasteiger partial charge on any atom is 0.0991 e. The molecule has 2 rings (SSSR count). The first-order chi connectivity index (χ1) is 8.74. The number of rotatable bonds is 4. The molecule has 0 amide bonds. The summed E-state index contributed by atoms with van der Waals surface area (Å²) in [5, 5.41) is 13.3. The summed E-state index contributed by atoms with van der Waals surface area (Å²) in [5.74, 6) is 0. The average Bonchev–Trinajstić information content (AvgIpc) is 2.86. The van der Waals surface area contributed by atoms with E-state index in [1.807, 2.05) is 23.9 Å². The Hall–Kier alpha value is -0.980. The molecule has 1 aliphatic rings. The second-order valence-corrected chi connectivity index (χ2v) is 6.01. The van der Waals surface area contributed by atoms with Gasteiger partial charge in [-0.3, -0.25) is 0 Å². The topological polar surface area (TPSA) is 35.8 Å². The van der Waals surface area contributed by atoms with Crippen molar-refractivity contribution in [2.45, 2.75) is 43.5 Å². The van der Waals surface area contributed by atoms with Crippen molar-refractivity contribution in [1.82, 2.24) is 5.32 Å². The second kappa shape index (κ2) is 6.26. The van der Waals surface area contributed by atoms with Gasteiger partial charge in [0.25, 0.3) is 0 Å². The van der Waals surface area contributed by atoms with Crippen molar-refractivity contribution in [3.63, 3.8) is 0 Å². The summed E-state index contributed by atoms with van der Waals surface area (Å²) in [6, 6.07) is 11.0. The van der Waals surface area contributed by atoms with Gasteiger partial charge < -0.3 is 5.32 Å². The smallest absolute Gasteiger partial charge is 0.0991 e. The van der Waals surface area contributed by atoms with Crippen molar-refractivity contribution < 1.29 is 0 Å². The Balaban J connectivity index is 1.98. The number of hydrogen-bond donors (Lipinski definition) is 1. The van der Waals surface area contributed by atoms with Gasteiger partial charge in [0.1, 0.15) is 0 Å². The van der Waals surface area contributed by atoms with Gasteiger partial charge in [-0.15, -0.1) is 0 Å². The van der Waals surface area contributed by atoms with Crippen molar-refractivity contribution in [2.75, 3.05) is 6.26 Å². The van der Waals surface area contributed by atoms with E-state index < -0.39 is 0 Å². The zero-order valence-corrected chi connectivity index (χ0v) is 11.8. The van der Waals surface area contributed by atoms with E-state index >= 15 is 0 Å². The van der Waals surface area contributed by atoms with Crippen LogP contribution in [0.2, 0.25) is 0 Å². The number of thioether (sulfide) groups is 1. The fourth-order valence-corrected chi connectivity index (χ4v) is 3.61. The lowest BCUT2D eigenvalue weighted by Crippen LogP contribution is -2.35. The standard InChI is InChI=1S/C15H20N2S/c1-11(13-8-6-12(10-16)7-9-13)17-14-4-3-5-15(14)18-2/h6-9,11,14-15,17H,3-5H2,1-2H3. The summed E-state index contributed by atoms with van der Waals surface area (Å²) < 4.78 is 0. The SMILES string of the molecule is CSC1CCCC1NC(C)c1ccc(C#N)cc1. The number of nitrogens with zero attached hydrogens (tertiary/aromatic N) is 1. The third-order valence-electron chi connectivity index (χ3n) is 3.76. The van der Waals surface area contributed by atoms with Crippen molar-refractivity contribution in [1.29, 1.82) is 5.26 Å². The highest BCUT2D eigenvalue weighted by Crippen LogP contribution is 2.30. The van der Waals surface area contributed by atoms with Crippen molar-refractivity contribution in [3.8, 4) is 6.07 Å². The van der Waals surface area contributed by atoms with E-state index in [1.165, 1.54) is 24.8 Å². The van der Waals surface area contributed by atoms with E-state index in [-0.39, 0.29) is 0 Å². The molecule has 1 aromatic carbocycles. The van der Waals surface area contributed by atoms with Crippen LogP contribution in [0.25, 0.3) is 0 Å². The van der Waals surface area contributed by atoms with Crippen molar-refractivity contribution in [2.24, 2.45) is 0 Å². The summed E-state index contributed by atoms with van der Waals surface area (Å²) in [4.78, 5) is 0. The molecule has 0 bridgehead atoms. The fraction of sp³-hybridized carbons (Fsp3) is 0.533. The Labute approximate surface area is 114 Å². The first-order valence-corrected chi connectivity index (χ1v) is 7.82. The van der Waals surface area contributed by atoms with Crippen LogP contribution < -0.4 is 5.32 Å². The molecule has 1 N–H and O–H groups in total. The maximum absolute atomic E-state index is 8.80. The van der Waals surface area contributed by atoms with Gasteiger partial charge >= 0.3 is 0 Å². The Morgan fingerprint density at radius 2 is 2.06 bits per heavy atom. The normalized spacial score (nSPS) is 24.7. The highest BCUT2D eigenvalue weighted by Gasteiger charge is 2.27. The Morgan fingerprint density at radius 1 is 1.33 bits per heavy atom. The summed E-state index contributed by atoms with van der Waals surface area (Å²) in [6.07, 6.45) is 6.16. The van der Waals surface area contributed by atoms with Gasteiger partial charge in [0, 0.05) is 17.3 Å². The predicted molar refractivity (Wildman–Crippen MR) is 77.6 cm³/mol. The van der Waals surface area contributed by atoms with E-state index in [0.29, 0.717) is 12.1 Å². The quantitative estimate of drug-likeness (QED) is 0.900. The van der Waals surface area contributed by atoms with Crippen LogP contribution in [-0.4, -0.2) is 17.5 Å². The van der Waals surface area contributed by atoms with Crippen LogP contribution in [0.4, 0.5) is 0 Å². The molecule has 2 nitrogen and oxygen atoms in total. The van der Waals surface area contributed by atoms with Crippen LogP contribution in [0.3, 0.4) is 0 Å². The molecule has 3 unspecified atom stereocenters. The molecule has 0 saturated heterocycles. The van der Waals surface area contributed by atoms with Gasteiger partial charge in [-0.05, 0) is 43.7 Å². The molecule has 0 radical (unpaired) electrons. The van der Waals surface area contributed by atoms with Crippen LogP contribution in [0.15, 0.2) is 24.3 Å². The van der Waals surface area contributed by atoms with Crippen LogP contribution in [0.1, 0.15) is 43.4 Å². The molecule has 3 heteroatoms. The first-order valence-electron chi connectivity index (χ1n) is 6.53. The molecule has 18 heavy (non-hydrogen) atoms. The number of nitriles is 1. The van der Waals surface area contributed by atoms with E-state index in [0.717, 1.165) is 10.8 Å². The Morgan fingerprint density at radius 3 is 2.67 bits per heavy atom. The summed E-state index contributed by atoms with van der Waals surface area (Å²) in [7, 11) is 0. The Bertz CT molecular complexity index is 421. The highest BCUT2D eigenvalue weighted by molar-refractivity contribution is 7.99. The molecule has 0 aromatic heterocycles. The molecule has 0 spiro atoms. The molecule has 1 aromatic rings. The minimum Gasteiger partial charge on any atom is -0.306 e. The maximum atomic E-state index is 8.80. The number of benzene rings is 1. The average molecular weight is 260 g/mol. The van der Waals surface area contributed by atoms with E-state index in [4.69, 9.17) is 5.26 Å². The number of hydrogen-bond acceptors (Lipinski definition) is 3. The zero-order chi connectivity index (χ0) is 13.0. The first kappa shape index (κ1) is 13.5. The van der Waals surface area contributed by atoms with Gasteiger partial charge in [-0.1, -0.05) is 18.6 Å². The summed E-state index contributed by atoms with van der Waals surface area (Å²) in [6.45, 7) is 2.21. The molecule has 1 saturated carbocycles. The zero-order valence-electron chi connectivity index (χ0n) is 11.0. The van der Waals surface area contributed by atoms with Crippen LogP contribution in [0, 0.1) is 11.3 Å². The van der Waals surface area contributed by atoms with Crippen LogP contribution >= 0.6 is 11.8 Å². The summed E-state index contributed by atoms with van der Waals surface area (Å²) >= 11 is 1.98. The van der Waals surface area contributed by atoms with Gasteiger partial charge in [0.15, 0.2) is 0 Å². The van der Waals surface area contributed by atoms with Crippen LogP contribution in [-0.2, 0) is 0 Å². The third-order valence-corrected chi connectivity index (χ3v) is 4.93. The molecule has 3 atom stereocenters. The molecule has 96 valence electrons. The lowest BCUT2D eigenvalue weighted by Gasteiger charge is -2.24. The van der Waals surface area contributed by atoms with E-state index in [1.54, 1.807) is 0 Å². The van der Waals surface area contributed by atoms with Crippen LogP contribution in [0.5, 0.6) is 0 Å². The van der Waals surface area contributed by atoms with Gasteiger partial charge in [-0.25, -0.2) is 0 Å².